The molecule has 2 aromatic heterocycles. The third-order valence-corrected chi connectivity index (χ3v) is 4.39. The maximum absolute atomic E-state index is 13.0. The second-order valence-corrected chi connectivity index (χ2v) is 6.19. The number of aromatic nitrogens is 4. The molecule has 0 bridgehead atoms. The summed E-state index contributed by atoms with van der Waals surface area (Å²) >= 11 is 0. The zero-order valence-corrected chi connectivity index (χ0v) is 15.1. The Balaban J connectivity index is 1.88. The first-order chi connectivity index (χ1) is 12.7. The Kier molecular flexibility index (Phi) is 5.73. The normalized spacial score (nSPS) is 11.9. The van der Waals surface area contributed by atoms with Gasteiger partial charge in [0.25, 0.3) is 0 Å². The average molecular weight is 349 g/mol. The Hall–Kier alpha value is -3.02. The molecule has 26 heavy (non-hydrogen) atoms. The molecule has 2 heterocycles. The van der Waals surface area contributed by atoms with Gasteiger partial charge in [-0.15, -0.1) is 0 Å². The summed E-state index contributed by atoms with van der Waals surface area (Å²) in [6.45, 7) is 5.20. The van der Waals surface area contributed by atoms with Crippen molar-refractivity contribution in [3.63, 3.8) is 0 Å². The SMILES string of the molecule is CCN(C(=O)CCn1cncn1)C(c1ccc(C)cc1)c1cccnc1. The van der Waals surface area contributed by atoms with Gasteiger partial charge in [0.05, 0.1) is 12.6 Å². The van der Waals surface area contributed by atoms with Crippen molar-refractivity contribution in [1.29, 1.82) is 0 Å². The molecule has 1 aromatic carbocycles. The lowest BCUT2D eigenvalue weighted by molar-refractivity contribution is -0.133. The lowest BCUT2D eigenvalue weighted by Crippen LogP contribution is -2.36. The van der Waals surface area contributed by atoms with Crippen LogP contribution in [0.4, 0.5) is 0 Å². The topological polar surface area (TPSA) is 63.9 Å². The van der Waals surface area contributed by atoms with Crippen LogP contribution < -0.4 is 0 Å². The minimum Gasteiger partial charge on any atom is -0.332 e. The highest BCUT2D eigenvalue weighted by Crippen LogP contribution is 2.29. The Labute approximate surface area is 153 Å². The van der Waals surface area contributed by atoms with E-state index in [0.717, 1.165) is 11.1 Å². The Morgan fingerprint density at radius 2 is 1.96 bits per heavy atom. The third kappa shape index (κ3) is 4.14. The number of amides is 1. The molecule has 6 heteroatoms. The molecule has 0 fully saturated rings. The summed E-state index contributed by atoms with van der Waals surface area (Å²) in [4.78, 5) is 23.0. The average Bonchev–Trinajstić information content (AvgIpc) is 3.19. The standard InChI is InChI=1S/C20H23N5O/c1-3-25(19(26)10-12-24-15-22-14-23-24)20(18-5-4-11-21-13-18)17-8-6-16(2)7-9-17/h4-9,11,13-15,20H,3,10,12H2,1-2H3. The second kappa shape index (κ2) is 8.38. The molecule has 0 saturated carbocycles. The molecule has 0 spiro atoms. The van der Waals surface area contributed by atoms with Gasteiger partial charge in [0.2, 0.25) is 5.91 Å². The van der Waals surface area contributed by atoms with Crippen LogP contribution in [0.2, 0.25) is 0 Å². The van der Waals surface area contributed by atoms with Gasteiger partial charge in [0, 0.05) is 25.4 Å². The fourth-order valence-electron chi connectivity index (χ4n) is 3.04. The minimum absolute atomic E-state index is 0.0810. The van der Waals surface area contributed by atoms with E-state index in [-0.39, 0.29) is 11.9 Å². The van der Waals surface area contributed by atoms with Crippen LogP contribution in [-0.2, 0) is 11.3 Å². The van der Waals surface area contributed by atoms with Crippen molar-refractivity contribution in [3.05, 3.63) is 78.1 Å². The van der Waals surface area contributed by atoms with E-state index in [2.05, 4.69) is 46.3 Å². The largest absolute Gasteiger partial charge is 0.332 e. The summed E-state index contributed by atoms with van der Waals surface area (Å²) in [7, 11) is 0. The first-order valence-electron chi connectivity index (χ1n) is 8.77. The van der Waals surface area contributed by atoms with Gasteiger partial charge in [-0.2, -0.15) is 5.10 Å². The van der Waals surface area contributed by atoms with E-state index in [0.29, 0.717) is 19.5 Å². The van der Waals surface area contributed by atoms with Crippen LogP contribution in [0.3, 0.4) is 0 Å². The molecule has 3 rings (SSSR count). The Morgan fingerprint density at radius 3 is 2.58 bits per heavy atom. The molecule has 6 nitrogen and oxygen atoms in total. The highest BCUT2D eigenvalue weighted by Gasteiger charge is 2.25. The third-order valence-electron chi connectivity index (χ3n) is 4.39. The summed E-state index contributed by atoms with van der Waals surface area (Å²) in [6, 6.07) is 12.1. The van der Waals surface area contributed by atoms with Gasteiger partial charge in [-0.05, 0) is 31.0 Å². The molecule has 3 aromatic rings. The van der Waals surface area contributed by atoms with Crippen LogP contribution in [0.5, 0.6) is 0 Å². The van der Waals surface area contributed by atoms with E-state index in [4.69, 9.17) is 0 Å². The number of carbonyl (C=O) groups is 1. The van der Waals surface area contributed by atoms with E-state index in [1.54, 1.807) is 17.2 Å². The van der Waals surface area contributed by atoms with Gasteiger partial charge in [-0.3, -0.25) is 14.5 Å². The summed E-state index contributed by atoms with van der Waals surface area (Å²) in [5, 5.41) is 4.07. The Bertz CT molecular complexity index is 815. The molecule has 134 valence electrons. The highest BCUT2D eigenvalue weighted by atomic mass is 16.2. The van der Waals surface area contributed by atoms with Crippen LogP contribution in [0.15, 0.2) is 61.4 Å². The predicted octanol–water partition coefficient (Wildman–Crippen LogP) is 3.01. The second-order valence-electron chi connectivity index (χ2n) is 6.19. The van der Waals surface area contributed by atoms with Gasteiger partial charge in [0.1, 0.15) is 12.7 Å². The summed E-state index contributed by atoms with van der Waals surface area (Å²) in [6.07, 6.45) is 7.06. The quantitative estimate of drug-likeness (QED) is 0.658. The molecule has 0 aliphatic heterocycles. The molecule has 1 atom stereocenters. The van der Waals surface area contributed by atoms with Crippen LogP contribution >= 0.6 is 0 Å². The van der Waals surface area contributed by atoms with E-state index in [1.165, 1.54) is 11.9 Å². The number of aryl methyl sites for hydroxylation is 2. The Morgan fingerprint density at radius 1 is 1.15 bits per heavy atom. The molecular weight excluding hydrogens is 326 g/mol. The van der Waals surface area contributed by atoms with Crippen molar-refractivity contribution in [3.8, 4) is 0 Å². The number of hydrogen-bond acceptors (Lipinski definition) is 4. The van der Waals surface area contributed by atoms with Crippen molar-refractivity contribution in [1.82, 2.24) is 24.6 Å². The van der Waals surface area contributed by atoms with Crippen molar-refractivity contribution < 1.29 is 4.79 Å². The van der Waals surface area contributed by atoms with E-state index in [1.807, 2.05) is 30.2 Å². The number of nitrogens with zero attached hydrogens (tertiary/aromatic N) is 5. The predicted molar refractivity (Wildman–Crippen MR) is 99.3 cm³/mol. The van der Waals surface area contributed by atoms with Crippen LogP contribution in [0.25, 0.3) is 0 Å². The summed E-state index contributed by atoms with van der Waals surface area (Å²) < 4.78 is 1.68. The van der Waals surface area contributed by atoms with Gasteiger partial charge >= 0.3 is 0 Å². The molecular formula is C20H23N5O. The van der Waals surface area contributed by atoms with Crippen molar-refractivity contribution >= 4 is 5.91 Å². The fraction of sp³-hybridized carbons (Fsp3) is 0.300. The monoisotopic (exact) mass is 349 g/mol. The van der Waals surface area contributed by atoms with E-state index >= 15 is 0 Å². The number of hydrogen-bond donors (Lipinski definition) is 0. The van der Waals surface area contributed by atoms with Gasteiger partial charge in [-0.25, -0.2) is 4.98 Å². The summed E-state index contributed by atoms with van der Waals surface area (Å²) in [5.74, 6) is 0.0810. The lowest BCUT2D eigenvalue weighted by Gasteiger charge is -2.32. The fourth-order valence-corrected chi connectivity index (χ4v) is 3.04. The number of benzene rings is 1. The van der Waals surface area contributed by atoms with Gasteiger partial charge in [0.15, 0.2) is 0 Å². The number of rotatable bonds is 7. The van der Waals surface area contributed by atoms with Crippen molar-refractivity contribution in [2.24, 2.45) is 0 Å². The molecule has 0 aliphatic rings. The summed E-state index contributed by atoms with van der Waals surface area (Å²) in [5.41, 5.74) is 3.28. The first kappa shape index (κ1) is 17.8. The number of carbonyl (C=O) groups excluding carboxylic acids is 1. The maximum Gasteiger partial charge on any atom is 0.225 e. The van der Waals surface area contributed by atoms with E-state index < -0.39 is 0 Å². The van der Waals surface area contributed by atoms with E-state index in [9.17, 15) is 4.79 Å². The zero-order valence-electron chi connectivity index (χ0n) is 15.1. The maximum atomic E-state index is 13.0. The van der Waals surface area contributed by atoms with Gasteiger partial charge < -0.3 is 4.90 Å². The first-order valence-corrected chi connectivity index (χ1v) is 8.77. The van der Waals surface area contributed by atoms with Crippen LogP contribution in [-0.4, -0.2) is 37.1 Å². The van der Waals surface area contributed by atoms with Crippen LogP contribution in [0.1, 0.15) is 36.1 Å². The number of pyridine rings is 1. The van der Waals surface area contributed by atoms with Crippen LogP contribution in [0, 0.1) is 6.92 Å². The minimum atomic E-state index is -0.155. The van der Waals surface area contributed by atoms with Crippen molar-refractivity contribution in [2.75, 3.05) is 6.54 Å². The molecule has 0 saturated heterocycles. The molecule has 0 aliphatic carbocycles. The molecule has 1 amide bonds. The smallest absolute Gasteiger partial charge is 0.225 e. The molecule has 0 radical (unpaired) electrons. The molecule has 0 N–H and O–H groups in total. The van der Waals surface area contributed by atoms with Crippen molar-refractivity contribution in [2.45, 2.75) is 32.9 Å². The highest BCUT2D eigenvalue weighted by molar-refractivity contribution is 5.77. The molecule has 1 unspecified atom stereocenters. The van der Waals surface area contributed by atoms with Gasteiger partial charge in [-0.1, -0.05) is 35.9 Å². The zero-order chi connectivity index (χ0) is 18.4. The lowest BCUT2D eigenvalue weighted by atomic mass is 9.97.